The number of benzene rings is 2. The molecule has 0 aliphatic heterocycles. The van der Waals surface area contributed by atoms with Gasteiger partial charge < -0.3 is 25.3 Å². The summed E-state index contributed by atoms with van der Waals surface area (Å²) in [4.78, 5) is 12.6. The lowest BCUT2D eigenvalue weighted by Gasteiger charge is -2.11. The molecule has 1 atom stereocenters. The van der Waals surface area contributed by atoms with Crippen LogP contribution in [0.2, 0.25) is 0 Å². The molecule has 160 valence electrons. The Bertz CT molecular complexity index is 884. The van der Waals surface area contributed by atoms with E-state index in [1.165, 1.54) is 0 Å². The summed E-state index contributed by atoms with van der Waals surface area (Å²) in [6.07, 6.45) is 3.66. The number of carbonyl (C=O) groups is 1. The van der Waals surface area contributed by atoms with Crippen molar-refractivity contribution in [3.8, 4) is 17.2 Å². The van der Waals surface area contributed by atoms with Gasteiger partial charge in [0.15, 0.2) is 0 Å². The van der Waals surface area contributed by atoms with Gasteiger partial charge in [-0.2, -0.15) is 0 Å². The SMILES string of the molecule is COCC(C)/C=C\C(C(=O)NCc1cccc(Oc2ccc(OC)cc2)c1)=C(/C)N. The van der Waals surface area contributed by atoms with E-state index in [-0.39, 0.29) is 11.8 Å². The van der Waals surface area contributed by atoms with Gasteiger partial charge in [-0.3, -0.25) is 4.79 Å². The molecule has 3 N–H and O–H groups in total. The van der Waals surface area contributed by atoms with Crippen LogP contribution in [-0.2, 0) is 16.1 Å². The third kappa shape index (κ3) is 7.29. The van der Waals surface area contributed by atoms with Crippen molar-refractivity contribution in [2.45, 2.75) is 20.4 Å². The molecule has 0 fully saturated rings. The molecule has 2 aromatic carbocycles. The van der Waals surface area contributed by atoms with Crippen LogP contribution in [0.5, 0.6) is 17.2 Å². The van der Waals surface area contributed by atoms with Gasteiger partial charge in [-0.1, -0.05) is 31.2 Å². The van der Waals surface area contributed by atoms with Crippen LogP contribution in [0.3, 0.4) is 0 Å². The number of ether oxygens (including phenoxy) is 3. The van der Waals surface area contributed by atoms with Crippen LogP contribution in [-0.4, -0.2) is 26.7 Å². The molecule has 0 aliphatic carbocycles. The van der Waals surface area contributed by atoms with E-state index in [1.54, 1.807) is 27.2 Å². The topological polar surface area (TPSA) is 82.8 Å². The number of nitrogens with two attached hydrogens (primary N) is 1. The molecule has 0 saturated heterocycles. The minimum Gasteiger partial charge on any atom is -0.497 e. The Balaban J connectivity index is 1.99. The van der Waals surface area contributed by atoms with Gasteiger partial charge in [0.1, 0.15) is 17.2 Å². The molecule has 30 heavy (non-hydrogen) atoms. The number of carbonyl (C=O) groups excluding carboxylic acids is 1. The van der Waals surface area contributed by atoms with Crippen LogP contribution in [0.4, 0.5) is 0 Å². The lowest BCUT2D eigenvalue weighted by molar-refractivity contribution is -0.117. The van der Waals surface area contributed by atoms with Crippen molar-refractivity contribution in [2.75, 3.05) is 20.8 Å². The maximum Gasteiger partial charge on any atom is 0.253 e. The first-order chi connectivity index (χ1) is 14.4. The number of methoxy groups -OCH3 is 2. The van der Waals surface area contributed by atoms with Gasteiger partial charge in [0.2, 0.25) is 0 Å². The molecular weight excluding hydrogens is 380 g/mol. The van der Waals surface area contributed by atoms with E-state index in [4.69, 9.17) is 19.9 Å². The zero-order chi connectivity index (χ0) is 21.9. The molecule has 6 heteroatoms. The molecule has 1 unspecified atom stereocenters. The fourth-order valence-electron chi connectivity index (χ4n) is 2.74. The predicted octanol–water partition coefficient (Wildman–Crippen LogP) is 4.18. The number of amides is 1. The van der Waals surface area contributed by atoms with Crippen molar-refractivity contribution in [3.05, 3.63) is 77.5 Å². The molecule has 0 heterocycles. The average molecular weight is 411 g/mol. The standard InChI is InChI=1S/C24H30N2O4/c1-17(16-28-3)8-13-23(18(2)25)24(27)26-15-19-6-5-7-22(14-19)30-21-11-9-20(29-4)10-12-21/h5-14,17H,15-16,25H2,1-4H3,(H,26,27)/b13-8-,23-18-. The van der Waals surface area contributed by atoms with Crippen LogP contribution >= 0.6 is 0 Å². The number of hydrogen-bond acceptors (Lipinski definition) is 5. The van der Waals surface area contributed by atoms with E-state index in [0.717, 1.165) is 11.3 Å². The average Bonchev–Trinajstić information content (AvgIpc) is 2.73. The highest BCUT2D eigenvalue weighted by atomic mass is 16.5. The summed E-state index contributed by atoms with van der Waals surface area (Å²) in [6, 6.07) is 14.9. The molecule has 0 saturated carbocycles. The molecule has 2 rings (SSSR count). The molecular formula is C24H30N2O4. The third-order valence-electron chi connectivity index (χ3n) is 4.34. The van der Waals surface area contributed by atoms with Gasteiger partial charge in [0, 0.05) is 19.4 Å². The van der Waals surface area contributed by atoms with E-state index >= 15 is 0 Å². The summed E-state index contributed by atoms with van der Waals surface area (Å²) >= 11 is 0. The van der Waals surface area contributed by atoms with Crippen molar-refractivity contribution in [2.24, 2.45) is 11.7 Å². The summed E-state index contributed by atoms with van der Waals surface area (Å²) in [7, 11) is 3.27. The molecule has 0 aliphatic rings. The van der Waals surface area contributed by atoms with Gasteiger partial charge in [-0.25, -0.2) is 0 Å². The zero-order valence-electron chi connectivity index (χ0n) is 18.0. The fourth-order valence-corrected chi connectivity index (χ4v) is 2.74. The predicted molar refractivity (Wildman–Crippen MR) is 118 cm³/mol. The van der Waals surface area contributed by atoms with Crippen LogP contribution in [0.15, 0.2) is 72.0 Å². The van der Waals surface area contributed by atoms with E-state index in [0.29, 0.717) is 35.9 Å². The molecule has 2 aromatic rings. The summed E-state index contributed by atoms with van der Waals surface area (Å²) in [5.41, 5.74) is 7.73. The number of rotatable bonds is 10. The Morgan fingerprint density at radius 3 is 2.43 bits per heavy atom. The second-order valence-corrected chi connectivity index (χ2v) is 7.00. The Labute approximate surface area is 178 Å². The lowest BCUT2D eigenvalue weighted by Crippen LogP contribution is -2.25. The number of nitrogens with one attached hydrogen (secondary N) is 1. The van der Waals surface area contributed by atoms with E-state index in [1.807, 2.05) is 61.5 Å². The van der Waals surface area contributed by atoms with E-state index in [2.05, 4.69) is 5.32 Å². The van der Waals surface area contributed by atoms with E-state index < -0.39 is 0 Å². The summed E-state index contributed by atoms with van der Waals surface area (Å²) in [5.74, 6) is 2.12. The van der Waals surface area contributed by atoms with Gasteiger partial charge in [0.25, 0.3) is 5.91 Å². The molecule has 0 radical (unpaired) electrons. The first kappa shape index (κ1) is 23.0. The molecule has 0 bridgehead atoms. The zero-order valence-corrected chi connectivity index (χ0v) is 18.0. The molecule has 1 amide bonds. The first-order valence-corrected chi connectivity index (χ1v) is 9.75. The Morgan fingerprint density at radius 2 is 1.80 bits per heavy atom. The van der Waals surface area contributed by atoms with Crippen molar-refractivity contribution in [3.63, 3.8) is 0 Å². The van der Waals surface area contributed by atoms with Crippen LogP contribution in [0.25, 0.3) is 0 Å². The molecule has 6 nitrogen and oxygen atoms in total. The first-order valence-electron chi connectivity index (χ1n) is 9.75. The Kier molecular flexibility index (Phi) is 8.97. The maximum atomic E-state index is 12.6. The highest BCUT2D eigenvalue weighted by Gasteiger charge is 2.10. The van der Waals surface area contributed by atoms with Crippen molar-refractivity contribution >= 4 is 5.91 Å². The maximum absolute atomic E-state index is 12.6. The summed E-state index contributed by atoms with van der Waals surface area (Å²) < 4.78 is 16.1. The Hall–Kier alpha value is -3.25. The van der Waals surface area contributed by atoms with Crippen LogP contribution in [0.1, 0.15) is 19.4 Å². The summed E-state index contributed by atoms with van der Waals surface area (Å²) in [5, 5.41) is 2.91. The Morgan fingerprint density at radius 1 is 1.10 bits per heavy atom. The minimum atomic E-state index is -0.225. The van der Waals surface area contributed by atoms with Gasteiger partial charge in [-0.15, -0.1) is 0 Å². The monoisotopic (exact) mass is 410 g/mol. The lowest BCUT2D eigenvalue weighted by atomic mass is 10.1. The third-order valence-corrected chi connectivity index (χ3v) is 4.34. The quantitative estimate of drug-likeness (QED) is 0.454. The molecule has 0 spiro atoms. The number of allylic oxidation sites excluding steroid dienone is 1. The summed E-state index contributed by atoms with van der Waals surface area (Å²) in [6.45, 7) is 4.66. The van der Waals surface area contributed by atoms with Gasteiger partial charge >= 0.3 is 0 Å². The van der Waals surface area contributed by atoms with E-state index in [9.17, 15) is 4.79 Å². The largest absolute Gasteiger partial charge is 0.497 e. The van der Waals surface area contributed by atoms with Crippen LogP contribution < -0.4 is 20.5 Å². The minimum absolute atomic E-state index is 0.184. The smallest absolute Gasteiger partial charge is 0.253 e. The second kappa shape index (κ2) is 11.7. The second-order valence-electron chi connectivity index (χ2n) is 7.00. The molecule has 0 aromatic heterocycles. The fraction of sp³-hybridized carbons (Fsp3) is 0.292. The highest BCUT2D eigenvalue weighted by Crippen LogP contribution is 2.24. The van der Waals surface area contributed by atoms with Crippen LogP contribution in [0, 0.1) is 5.92 Å². The van der Waals surface area contributed by atoms with Gasteiger partial charge in [-0.05, 0) is 54.8 Å². The highest BCUT2D eigenvalue weighted by molar-refractivity contribution is 5.96. The van der Waals surface area contributed by atoms with Gasteiger partial charge in [0.05, 0.1) is 19.3 Å². The van der Waals surface area contributed by atoms with Crippen molar-refractivity contribution < 1.29 is 19.0 Å². The van der Waals surface area contributed by atoms with Crippen molar-refractivity contribution in [1.29, 1.82) is 0 Å². The van der Waals surface area contributed by atoms with Crippen molar-refractivity contribution in [1.82, 2.24) is 5.32 Å². The number of hydrogen-bond donors (Lipinski definition) is 2. The normalized spacial score (nSPS) is 12.9.